The maximum absolute atomic E-state index is 12.2. The van der Waals surface area contributed by atoms with Crippen molar-refractivity contribution in [3.63, 3.8) is 0 Å². The average molecular weight is 252 g/mol. The summed E-state index contributed by atoms with van der Waals surface area (Å²) in [7, 11) is 0. The number of amides is 1. The highest BCUT2D eigenvalue weighted by molar-refractivity contribution is 5.90. The number of piperidine rings is 1. The number of aliphatic hydroxyl groups is 1. The summed E-state index contributed by atoms with van der Waals surface area (Å²) in [6.45, 7) is 6.72. The minimum absolute atomic E-state index is 0.191. The van der Waals surface area contributed by atoms with Crippen molar-refractivity contribution in [3.8, 4) is 0 Å². The number of nitrogens with zero attached hydrogens (tertiary/aromatic N) is 3. The maximum Gasteiger partial charge on any atom is 0.293 e. The molecule has 1 aliphatic heterocycles. The Labute approximate surface area is 106 Å². The van der Waals surface area contributed by atoms with E-state index < -0.39 is 5.60 Å². The summed E-state index contributed by atoms with van der Waals surface area (Å²) in [5.74, 6) is 0.903. The molecule has 2 rings (SSSR count). The van der Waals surface area contributed by atoms with Crippen LogP contribution in [0.3, 0.4) is 0 Å². The zero-order valence-corrected chi connectivity index (χ0v) is 11.1. The van der Waals surface area contributed by atoms with Gasteiger partial charge >= 0.3 is 0 Å². The van der Waals surface area contributed by atoms with Gasteiger partial charge in [-0.2, -0.15) is 0 Å². The molecule has 1 fully saturated rings. The molecule has 1 amide bonds. The quantitative estimate of drug-likeness (QED) is 0.819. The maximum atomic E-state index is 12.2. The van der Waals surface area contributed by atoms with Crippen molar-refractivity contribution in [1.29, 1.82) is 0 Å². The molecule has 0 bridgehead atoms. The Bertz CT molecular complexity index is 439. The van der Waals surface area contributed by atoms with Crippen molar-refractivity contribution < 1.29 is 9.90 Å². The van der Waals surface area contributed by atoms with E-state index in [1.807, 2.05) is 13.8 Å². The van der Waals surface area contributed by atoms with Gasteiger partial charge in [-0.25, -0.2) is 4.98 Å². The fourth-order valence-electron chi connectivity index (χ4n) is 2.16. The molecule has 18 heavy (non-hydrogen) atoms. The van der Waals surface area contributed by atoms with Crippen LogP contribution in [-0.4, -0.2) is 49.8 Å². The molecule has 2 N–H and O–H groups in total. The third-order valence-electron chi connectivity index (χ3n) is 3.20. The van der Waals surface area contributed by atoms with Crippen molar-refractivity contribution in [1.82, 2.24) is 20.1 Å². The van der Waals surface area contributed by atoms with Gasteiger partial charge in [-0.3, -0.25) is 9.89 Å². The lowest BCUT2D eigenvalue weighted by Gasteiger charge is -2.36. The third kappa shape index (κ3) is 2.69. The number of rotatable bonds is 2. The number of carbonyl (C=O) groups is 1. The highest BCUT2D eigenvalue weighted by Crippen LogP contribution is 2.21. The number of H-pyrrole nitrogens is 1. The van der Waals surface area contributed by atoms with Crippen molar-refractivity contribution in [2.24, 2.45) is 0 Å². The third-order valence-corrected chi connectivity index (χ3v) is 3.20. The van der Waals surface area contributed by atoms with E-state index in [4.69, 9.17) is 0 Å². The van der Waals surface area contributed by atoms with E-state index in [1.165, 1.54) is 0 Å². The van der Waals surface area contributed by atoms with E-state index in [-0.39, 0.29) is 17.6 Å². The Kier molecular flexibility index (Phi) is 3.38. The summed E-state index contributed by atoms with van der Waals surface area (Å²) in [6, 6.07) is 0. The van der Waals surface area contributed by atoms with Gasteiger partial charge in [0.1, 0.15) is 5.82 Å². The molecule has 0 saturated carbocycles. The number of carbonyl (C=O) groups excluding carboxylic acids is 1. The number of nitrogens with one attached hydrogen (secondary N) is 1. The van der Waals surface area contributed by atoms with Gasteiger partial charge in [-0.05, 0) is 19.8 Å². The molecule has 0 aromatic carbocycles. The fraction of sp³-hybridized carbons (Fsp3) is 0.750. The topological polar surface area (TPSA) is 82.1 Å². The summed E-state index contributed by atoms with van der Waals surface area (Å²) >= 11 is 0. The molecule has 0 spiro atoms. The Balaban J connectivity index is 2.10. The largest absolute Gasteiger partial charge is 0.388 e. The fourth-order valence-corrected chi connectivity index (χ4v) is 2.16. The van der Waals surface area contributed by atoms with Gasteiger partial charge < -0.3 is 10.0 Å². The van der Waals surface area contributed by atoms with Crippen molar-refractivity contribution >= 4 is 5.91 Å². The Hall–Kier alpha value is -1.43. The second-order valence-electron chi connectivity index (χ2n) is 5.53. The van der Waals surface area contributed by atoms with E-state index in [2.05, 4.69) is 15.2 Å². The van der Waals surface area contributed by atoms with E-state index >= 15 is 0 Å². The number of likely N-dealkylation sites (tertiary alicyclic amines) is 1. The summed E-state index contributed by atoms with van der Waals surface area (Å²) in [4.78, 5) is 18.0. The van der Waals surface area contributed by atoms with Crippen LogP contribution in [0.25, 0.3) is 0 Å². The van der Waals surface area contributed by atoms with Crippen LogP contribution in [0.2, 0.25) is 0 Å². The van der Waals surface area contributed by atoms with E-state index in [0.717, 1.165) is 12.8 Å². The SMILES string of the molecule is CC(C)c1nc(C(=O)N2CCCC(C)(O)C2)n[nH]1. The first-order chi connectivity index (χ1) is 8.39. The predicted molar refractivity (Wildman–Crippen MR) is 66.2 cm³/mol. The van der Waals surface area contributed by atoms with Crippen molar-refractivity contribution in [2.75, 3.05) is 13.1 Å². The molecule has 2 heterocycles. The first-order valence-electron chi connectivity index (χ1n) is 6.33. The highest BCUT2D eigenvalue weighted by Gasteiger charge is 2.32. The highest BCUT2D eigenvalue weighted by atomic mass is 16.3. The van der Waals surface area contributed by atoms with Gasteiger partial charge in [0, 0.05) is 19.0 Å². The van der Waals surface area contributed by atoms with Gasteiger partial charge in [0.15, 0.2) is 0 Å². The number of hydrogen-bond acceptors (Lipinski definition) is 4. The molecule has 1 aliphatic rings. The number of hydrogen-bond donors (Lipinski definition) is 2. The molecule has 1 aromatic heterocycles. The van der Waals surface area contributed by atoms with Crippen LogP contribution in [0.4, 0.5) is 0 Å². The standard InChI is InChI=1S/C12H20N4O2/c1-8(2)9-13-10(15-14-9)11(17)16-6-4-5-12(3,18)7-16/h8,18H,4-7H2,1-3H3,(H,13,14,15). The van der Waals surface area contributed by atoms with Crippen LogP contribution in [0.5, 0.6) is 0 Å². The minimum Gasteiger partial charge on any atom is -0.388 e. The van der Waals surface area contributed by atoms with E-state index in [1.54, 1.807) is 11.8 Å². The molecule has 1 saturated heterocycles. The minimum atomic E-state index is -0.801. The molecule has 0 aliphatic carbocycles. The second-order valence-corrected chi connectivity index (χ2v) is 5.53. The van der Waals surface area contributed by atoms with Crippen molar-refractivity contribution in [3.05, 3.63) is 11.6 Å². The smallest absolute Gasteiger partial charge is 0.293 e. The van der Waals surface area contributed by atoms with E-state index in [0.29, 0.717) is 18.9 Å². The number of aromatic amines is 1. The van der Waals surface area contributed by atoms with Gasteiger partial charge in [0.05, 0.1) is 5.60 Å². The van der Waals surface area contributed by atoms with Crippen LogP contribution in [0.1, 0.15) is 56.0 Å². The zero-order chi connectivity index (χ0) is 13.3. The molecule has 100 valence electrons. The summed E-state index contributed by atoms with van der Waals surface area (Å²) in [5, 5.41) is 16.7. The normalized spacial score (nSPS) is 24.6. The number of aromatic nitrogens is 3. The molecule has 1 aromatic rings. The first-order valence-corrected chi connectivity index (χ1v) is 6.33. The summed E-state index contributed by atoms with van der Waals surface area (Å²) in [6.07, 6.45) is 1.53. The molecule has 6 nitrogen and oxygen atoms in total. The van der Waals surface area contributed by atoms with Crippen LogP contribution in [0, 0.1) is 0 Å². The monoisotopic (exact) mass is 252 g/mol. The Morgan fingerprint density at radius 2 is 2.28 bits per heavy atom. The summed E-state index contributed by atoms with van der Waals surface area (Å²) < 4.78 is 0. The van der Waals surface area contributed by atoms with Gasteiger partial charge in [-0.1, -0.05) is 13.8 Å². The first kappa shape index (κ1) is 13.0. The number of β-amino-alcohol motifs (C(OH)–C–C–N with tert-alkyl or cyclic N) is 1. The Morgan fingerprint density at radius 1 is 1.56 bits per heavy atom. The second kappa shape index (κ2) is 4.68. The average Bonchev–Trinajstić information content (AvgIpc) is 2.76. The zero-order valence-electron chi connectivity index (χ0n) is 11.1. The molecule has 1 unspecified atom stereocenters. The molecular formula is C12H20N4O2. The van der Waals surface area contributed by atoms with Crippen molar-refractivity contribution in [2.45, 2.75) is 45.1 Å². The van der Waals surface area contributed by atoms with Gasteiger partial charge in [0.25, 0.3) is 5.91 Å². The molecular weight excluding hydrogens is 232 g/mol. The summed E-state index contributed by atoms with van der Waals surface area (Å²) in [5.41, 5.74) is -0.801. The van der Waals surface area contributed by atoms with Crippen LogP contribution in [-0.2, 0) is 0 Å². The molecule has 6 heteroatoms. The molecule has 0 radical (unpaired) electrons. The van der Waals surface area contributed by atoms with Crippen LogP contribution >= 0.6 is 0 Å². The lowest BCUT2D eigenvalue weighted by molar-refractivity contribution is -0.0111. The predicted octanol–water partition coefficient (Wildman–Crippen LogP) is 0.915. The molecule has 1 atom stereocenters. The lowest BCUT2D eigenvalue weighted by atomic mass is 9.95. The van der Waals surface area contributed by atoms with Crippen LogP contribution in [0.15, 0.2) is 0 Å². The lowest BCUT2D eigenvalue weighted by Crippen LogP contribution is -2.48. The van der Waals surface area contributed by atoms with Crippen LogP contribution < -0.4 is 0 Å². The van der Waals surface area contributed by atoms with E-state index in [9.17, 15) is 9.90 Å². The van der Waals surface area contributed by atoms with Gasteiger partial charge in [-0.15, -0.1) is 5.10 Å². The van der Waals surface area contributed by atoms with Gasteiger partial charge in [0.2, 0.25) is 5.82 Å². The Morgan fingerprint density at radius 3 is 2.83 bits per heavy atom.